The summed E-state index contributed by atoms with van der Waals surface area (Å²) in [5.74, 6) is 1.94. The summed E-state index contributed by atoms with van der Waals surface area (Å²) in [4.78, 5) is 12.1. The van der Waals surface area contributed by atoms with Gasteiger partial charge in [-0.2, -0.15) is 0 Å². The number of aryl methyl sites for hydroxylation is 1. The number of nitrogens with one attached hydrogen (secondary N) is 1. The minimum Gasteiger partial charge on any atom is -0.497 e. The lowest BCUT2D eigenvalue weighted by Crippen LogP contribution is -2.20. The smallest absolute Gasteiger partial charge is 0.244 e. The van der Waals surface area contributed by atoms with Gasteiger partial charge in [-0.05, 0) is 43.3 Å². The molecule has 0 fully saturated rings. The van der Waals surface area contributed by atoms with Crippen molar-refractivity contribution in [3.8, 4) is 17.2 Å². The zero-order valence-electron chi connectivity index (χ0n) is 15.0. The van der Waals surface area contributed by atoms with E-state index in [0.29, 0.717) is 18.0 Å². The molecular formula is C20H23NO4. The zero-order chi connectivity index (χ0) is 18.2. The van der Waals surface area contributed by atoms with Crippen molar-refractivity contribution < 1.29 is 19.0 Å². The van der Waals surface area contributed by atoms with Crippen LogP contribution in [-0.4, -0.2) is 27.2 Å². The number of carbonyl (C=O) groups excluding carboxylic acids is 1. The van der Waals surface area contributed by atoms with E-state index in [4.69, 9.17) is 14.2 Å². The summed E-state index contributed by atoms with van der Waals surface area (Å²) >= 11 is 0. The lowest BCUT2D eigenvalue weighted by molar-refractivity contribution is -0.116. The van der Waals surface area contributed by atoms with Crippen molar-refractivity contribution in [1.82, 2.24) is 5.32 Å². The average molecular weight is 341 g/mol. The van der Waals surface area contributed by atoms with Gasteiger partial charge < -0.3 is 19.5 Å². The first kappa shape index (κ1) is 18.4. The maximum absolute atomic E-state index is 12.1. The van der Waals surface area contributed by atoms with Crippen molar-refractivity contribution in [2.75, 3.05) is 21.3 Å². The number of benzene rings is 2. The molecule has 0 spiro atoms. The minimum absolute atomic E-state index is 0.201. The Bertz CT molecular complexity index is 768. The number of hydrogen-bond acceptors (Lipinski definition) is 4. The molecule has 0 saturated heterocycles. The predicted octanol–water partition coefficient (Wildman–Crippen LogP) is 3.35. The molecule has 0 saturated carbocycles. The fraction of sp³-hybridized carbons (Fsp3) is 0.250. The Hall–Kier alpha value is -2.95. The number of rotatable bonds is 7. The molecule has 0 bridgehead atoms. The zero-order valence-corrected chi connectivity index (χ0v) is 15.0. The van der Waals surface area contributed by atoms with E-state index in [0.717, 1.165) is 22.4 Å². The molecule has 0 aliphatic rings. The van der Waals surface area contributed by atoms with Gasteiger partial charge in [-0.1, -0.05) is 11.6 Å². The predicted molar refractivity (Wildman–Crippen MR) is 98.2 cm³/mol. The topological polar surface area (TPSA) is 56.8 Å². The fourth-order valence-corrected chi connectivity index (χ4v) is 2.41. The van der Waals surface area contributed by atoms with Crippen LogP contribution in [0, 0.1) is 6.92 Å². The first-order chi connectivity index (χ1) is 12.1. The first-order valence-electron chi connectivity index (χ1n) is 7.89. The van der Waals surface area contributed by atoms with E-state index in [1.54, 1.807) is 27.4 Å². The Labute approximate surface area is 148 Å². The van der Waals surface area contributed by atoms with Gasteiger partial charge in [-0.3, -0.25) is 4.79 Å². The molecular weight excluding hydrogens is 318 g/mol. The van der Waals surface area contributed by atoms with Crippen molar-refractivity contribution in [3.63, 3.8) is 0 Å². The Morgan fingerprint density at radius 1 is 1.00 bits per heavy atom. The highest BCUT2D eigenvalue weighted by molar-refractivity contribution is 5.92. The summed E-state index contributed by atoms with van der Waals surface area (Å²) in [7, 11) is 4.80. The van der Waals surface area contributed by atoms with Crippen LogP contribution in [0.1, 0.15) is 16.7 Å². The number of ether oxygens (including phenoxy) is 3. The van der Waals surface area contributed by atoms with E-state index in [2.05, 4.69) is 5.32 Å². The summed E-state index contributed by atoms with van der Waals surface area (Å²) in [5, 5.41) is 2.85. The Morgan fingerprint density at radius 3 is 2.40 bits per heavy atom. The van der Waals surface area contributed by atoms with E-state index >= 15 is 0 Å². The summed E-state index contributed by atoms with van der Waals surface area (Å²) in [6.07, 6.45) is 3.23. The quantitative estimate of drug-likeness (QED) is 0.785. The summed E-state index contributed by atoms with van der Waals surface area (Å²) in [6.45, 7) is 2.33. The van der Waals surface area contributed by atoms with Gasteiger partial charge in [0.15, 0.2) is 0 Å². The summed E-state index contributed by atoms with van der Waals surface area (Å²) < 4.78 is 15.8. The summed E-state index contributed by atoms with van der Waals surface area (Å²) in [5.41, 5.74) is 2.80. The van der Waals surface area contributed by atoms with E-state index in [9.17, 15) is 4.79 Å². The molecule has 1 amide bonds. The van der Waals surface area contributed by atoms with Gasteiger partial charge in [0.05, 0.1) is 21.3 Å². The Balaban J connectivity index is 2.05. The second kappa shape index (κ2) is 8.78. The van der Waals surface area contributed by atoms with E-state index in [1.165, 1.54) is 6.08 Å². The van der Waals surface area contributed by atoms with Crippen molar-refractivity contribution in [3.05, 3.63) is 59.2 Å². The largest absolute Gasteiger partial charge is 0.497 e. The molecule has 0 heterocycles. The van der Waals surface area contributed by atoms with Crippen LogP contribution in [0.3, 0.4) is 0 Å². The minimum atomic E-state index is -0.201. The van der Waals surface area contributed by atoms with E-state index in [-0.39, 0.29) is 5.91 Å². The van der Waals surface area contributed by atoms with E-state index < -0.39 is 0 Å². The highest BCUT2D eigenvalue weighted by Crippen LogP contribution is 2.24. The molecule has 0 aliphatic heterocycles. The molecule has 1 N–H and O–H groups in total. The third-order valence-electron chi connectivity index (χ3n) is 3.74. The van der Waals surface area contributed by atoms with Crippen molar-refractivity contribution in [2.24, 2.45) is 0 Å². The first-order valence-corrected chi connectivity index (χ1v) is 7.89. The molecule has 2 aromatic rings. The lowest BCUT2D eigenvalue weighted by atomic mass is 10.1. The van der Waals surface area contributed by atoms with Crippen LogP contribution in [0.25, 0.3) is 6.08 Å². The lowest BCUT2D eigenvalue weighted by Gasteiger charge is -2.10. The van der Waals surface area contributed by atoms with Gasteiger partial charge in [0.2, 0.25) is 5.91 Å². The van der Waals surface area contributed by atoms with Crippen LogP contribution in [0.5, 0.6) is 17.2 Å². The van der Waals surface area contributed by atoms with Crippen LogP contribution in [0.2, 0.25) is 0 Å². The Kier molecular flexibility index (Phi) is 6.46. The number of carbonyl (C=O) groups is 1. The third kappa shape index (κ3) is 5.01. The highest BCUT2D eigenvalue weighted by atomic mass is 16.5. The standard InChI is InChI=1S/C20H23NO4/c1-14-5-8-18(24-3)15(11-14)6-10-20(22)21-13-16-12-17(23-2)7-9-19(16)25-4/h5-12H,13H2,1-4H3,(H,21,22)/b10-6+. The van der Waals surface area contributed by atoms with Gasteiger partial charge >= 0.3 is 0 Å². The van der Waals surface area contributed by atoms with Gasteiger partial charge in [-0.15, -0.1) is 0 Å². The molecule has 2 rings (SSSR count). The van der Waals surface area contributed by atoms with E-state index in [1.807, 2.05) is 43.3 Å². The van der Waals surface area contributed by atoms with Crippen LogP contribution >= 0.6 is 0 Å². The maximum Gasteiger partial charge on any atom is 0.244 e. The SMILES string of the molecule is COc1ccc(OC)c(CNC(=O)/C=C/c2cc(C)ccc2OC)c1. The van der Waals surface area contributed by atoms with Gasteiger partial charge in [-0.25, -0.2) is 0 Å². The fourth-order valence-electron chi connectivity index (χ4n) is 2.41. The molecule has 5 nitrogen and oxygen atoms in total. The van der Waals surface area contributed by atoms with Crippen molar-refractivity contribution in [2.45, 2.75) is 13.5 Å². The highest BCUT2D eigenvalue weighted by Gasteiger charge is 2.06. The van der Waals surface area contributed by atoms with Crippen molar-refractivity contribution >= 4 is 12.0 Å². The van der Waals surface area contributed by atoms with Crippen LogP contribution in [0.4, 0.5) is 0 Å². The number of hydrogen-bond donors (Lipinski definition) is 1. The third-order valence-corrected chi connectivity index (χ3v) is 3.74. The van der Waals surface area contributed by atoms with Crippen LogP contribution in [0.15, 0.2) is 42.5 Å². The monoisotopic (exact) mass is 341 g/mol. The molecule has 0 atom stereocenters. The van der Waals surface area contributed by atoms with Crippen molar-refractivity contribution in [1.29, 1.82) is 0 Å². The molecule has 25 heavy (non-hydrogen) atoms. The second-order valence-electron chi connectivity index (χ2n) is 5.47. The van der Waals surface area contributed by atoms with Crippen LogP contribution < -0.4 is 19.5 Å². The molecule has 0 radical (unpaired) electrons. The van der Waals surface area contributed by atoms with Gasteiger partial charge in [0.25, 0.3) is 0 Å². The number of methoxy groups -OCH3 is 3. The second-order valence-corrected chi connectivity index (χ2v) is 5.47. The Morgan fingerprint density at radius 2 is 1.72 bits per heavy atom. The molecule has 132 valence electrons. The maximum atomic E-state index is 12.1. The average Bonchev–Trinajstić information content (AvgIpc) is 2.64. The molecule has 2 aromatic carbocycles. The molecule has 0 aliphatic carbocycles. The molecule has 0 unspecified atom stereocenters. The number of amides is 1. The summed E-state index contributed by atoms with van der Waals surface area (Å²) in [6, 6.07) is 11.3. The van der Waals surface area contributed by atoms with Crippen LogP contribution in [-0.2, 0) is 11.3 Å². The molecule has 5 heteroatoms. The van der Waals surface area contributed by atoms with Gasteiger partial charge in [0, 0.05) is 23.7 Å². The molecule has 0 aromatic heterocycles. The normalized spacial score (nSPS) is 10.6. The van der Waals surface area contributed by atoms with Gasteiger partial charge in [0.1, 0.15) is 17.2 Å².